The molecule has 3 heteroatoms. The van der Waals surface area contributed by atoms with Crippen LogP contribution in [0.15, 0.2) is 23.8 Å². The third kappa shape index (κ3) is 2.00. The number of carbonyl (C=O) groups excluding carboxylic acids is 1. The molecule has 0 aromatic rings. The number of ketones is 1. The Balaban J connectivity index is 2.64. The summed E-state index contributed by atoms with van der Waals surface area (Å²) < 4.78 is 0. The molecule has 1 aliphatic carbocycles. The average molecular weight is 154 g/mol. The van der Waals surface area contributed by atoms with Crippen LogP contribution < -0.4 is 0 Å². The van der Waals surface area contributed by atoms with E-state index in [0.29, 0.717) is 6.42 Å². The van der Waals surface area contributed by atoms with Crippen LogP contribution in [0.1, 0.15) is 6.42 Å². The van der Waals surface area contributed by atoms with Gasteiger partial charge in [0.25, 0.3) is 0 Å². The number of aliphatic hydroxyl groups is 2. The first-order chi connectivity index (χ1) is 5.24. The molecular weight excluding hydrogens is 144 g/mol. The molecule has 0 radical (unpaired) electrons. The van der Waals surface area contributed by atoms with E-state index in [1.807, 2.05) is 0 Å². The maximum Gasteiger partial charge on any atom is 0.188 e. The van der Waals surface area contributed by atoms with E-state index in [2.05, 4.69) is 0 Å². The lowest BCUT2D eigenvalue weighted by Crippen LogP contribution is -2.18. The highest BCUT2D eigenvalue weighted by atomic mass is 16.3. The van der Waals surface area contributed by atoms with Crippen molar-refractivity contribution >= 4 is 5.78 Å². The van der Waals surface area contributed by atoms with Gasteiger partial charge in [-0.1, -0.05) is 6.08 Å². The molecule has 0 aromatic heterocycles. The first-order valence-electron chi connectivity index (χ1n) is 3.45. The van der Waals surface area contributed by atoms with Crippen molar-refractivity contribution < 1.29 is 15.0 Å². The molecule has 0 saturated heterocycles. The summed E-state index contributed by atoms with van der Waals surface area (Å²) in [6.07, 6.45) is 3.92. The van der Waals surface area contributed by atoms with Crippen molar-refractivity contribution in [2.45, 2.75) is 12.5 Å². The van der Waals surface area contributed by atoms with Crippen molar-refractivity contribution in [1.82, 2.24) is 0 Å². The van der Waals surface area contributed by atoms with Gasteiger partial charge < -0.3 is 10.2 Å². The molecule has 0 bridgehead atoms. The van der Waals surface area contributed by atoms with E-state index < -0.39 is 6.10 Å². The average Bonchev–Trinajstić information content (AvgIpc) is 1.98. The number of hydrogen-bond acceptors (Lipinski definition) is 3. The molecule has 0 aliphatic heterocycles. The largest absolute Gasteiger partial charge is 0.396 e. The number of allylic oxidation sites excluding steroid dienone is 1. The maximum absolute atomic E-state index is 10.8. The monoisotopic (exact) mass is 154 g/mol. The van der Waals surface area contributed by atoms with Crippen LogP contribution in [0.4, 0.5) is 0 Å². The van der Waals surface area contributed by atoms with E-state index in [9.17, 15) is 4.79 Å². The Morgan fingerprint density at radius 3 is 2.82 bits per heavy atom. The molecule has 3 nitrogen and oxygen atoms in total. The Morgan fingerprint density at radius 1 is 1.55 bits per heavy atom. The van der Waals surface area contributed by atoms with Gasteiger partial charge >= 0.3 is 0 Å². The lowest BCUT2D eigenvalue weighted by Gasteiger charge is -2.08. The minimum Gasteiger partial charge on any atom is -0.396 e. The standard InChI is InChI=1S/C8H10O3/c9-4-3-6-1-2-7(10)8(11)5-6/h1-2,5,7,9-10H,3-4H2. The SMILES string of the molecule is O=C1C=C(CCO)C=CC1O. The number of carbonyl (C=O) groups is 1. The van der Waals surface area contributed by atoms with Gasteiger partial charge in [0.2, 0.25) is 0 Å². The van der Waals surface area contributed by atoms with Crippen LogP contribution in [0.5, 0.6) is 0 Å². The Morgan fingerprint density at radius 2 is 2.27 bits per heavy atom. The zero-order chi connectivity index (χ0) is 8.27. The van der Waals surface area contributed by atoms with E-state index >= 15 is 0 Å². The first kappa shape index (κ1) is 8.17. The second-order valence-corrected chi connectivity index (χ2v) is 2.40. The van der Waals surface area contributed by atoms with E-state index in [-0.39, 0.29) is 12.4 Å². The molecule has 0 amide bonds. The molecule has 60 valence electrons. The van der Waals surface area contributed by atoms with Gasteiger partial charge in [0.15, 0.2) is 5.78 Å². The zero-order valence-electron chi connectivity index (χ0n) is 6.03. The fraction of sp³-hybridized carbons (Fsp3) is 0.375. The quantitative estimate of drug-likeness (QED) is 0.579. The van der Waals surface area contributed by atoms with Crippen LogP contribution in [0.25, 0.3) is 0 Å². The highest BCUT2D eigenvalue weighted by molar-refractivity contribution is 5.96. The van der Waals surface area contributed by atoms with Crippen LogP contribution >= 0.6 is 0 Å². The summed E-state index contributed by atoms with van der Waals surface area (Å²) in [5.41, 5.74) is 0.766. The van der Waals surface area contributed by atoms with Crippen LogP contribution in [0.3, 0.4) is 0 Å². The molecule has 11 heavy (non-hydrogen) atoms. The molecule has 0 saturated carbocycles. The van der Waals surface area contributed by atoms with Crippen molar-refractivity contribution in [2.24, 2.45) is 0 Å². The predicted molar refractivity (Wildman–Crippen MR) is 39.9 cm³/mol. The molecule has 1 aliphatic rings. The smallest absolute Gasteiger partial charge is 0.188 e. The highest BCUT2D eigenvalue weighted by Gasteiger charge is 2.13. The first-order valence-corrected chi connectivity index (χ1v) is 3.45. The van der Waals surface area contributed by atoms with Crippen molar-refractivity contribution in [1.29, 1.82) is 0 Å². The molecular formula is C8H10O3. The van der Waals surface area contributed by atoms with Gasteiger partial charge in [0.05, 0.1) is 0 Å². The second kappa shape index (κ2) is 3.46. The summed E-state index contributed by atoms with van der Waals surface area (Å²) in [5, 5.41) is 17.4. The van der Waals surface area contributed by atoms with Crippen LogP contribution in [-0.4, -0.2) is 28.7 Å². The van der Waals surface area contributed by atoms with Crippen molar-refractivity contribution in [3.8, 4) is 0 Å². The third-order valence-corrected chi connectivity index (χ3v) is 1.51. The topological polar surface area (TPSA) is 57.5 Å². The second-order valence-electron chi connectivity index (χ2n) is 2.40. The van der Waals surface area contributed by atoms with Gasteiger partial charge in [-0.3, -0.25) is 4.79 Å². The molecule has 1 unspecified atom stereocenters. The number of rotatable bonds is 2. The fourth-order valence-corrected chi connectivity index (χ4v) is 0.910. The Bertz CT molecular complexity index is 215. The van der Waals surface area contributed by atoms with E-state index in [0.717, 1.165) is 5.57 Å². The van der Waals surface area contributed by atoms with E-state index in [4.69, 9.17) is 10.2 Å². The van der Waals surface area contributed by atoms with Crippen LogP contribution in [-0.2, 0) is 4.79 Å². The normalized spacial score (nSPS) is 23.6. The molecule has 0 heterocycles. The van der Waals surface area contributed by atoms with Crippen molar-refractivity contribution in [3.05, 3.63) is 23.8 Å². The summed E-state index contributed by atoms with van der Waals surface area (Å²) in [4.78, 5) is 10.8. The summed E-state index contributed by atoms with van der Waals surface area (Å²) in [6, 6.07) is 0. The lowest BCUT2D eigenvalue weighted by atomic mass is 10.0. The Kier molecular flexibility index (Phi) is 2.57. The molecule has 1 atom stereocenters. The summed E-state index contributed by atoms with van der Waals surface area (Å²) in [7, 11) is 0. The van der Waals surface area contributed by atoms with E-state index in [1.165, 1.54) is 12.2 Å². The summed E-state index contributed by atoms with van der Waals surface area (Å²) in [6.45, 7) is 0.0273. The van der Waals surface area contributed by atoms with Gasteiger partial charge in [-0.2, -0.15) is 0 Å². The van der Waals surface area contributed by atoms with Crippen molar-refractivity contribution in [3.63, 3.8) is 0 Å². The molecule has 0 spiro atoms. The maximum atomic E-state index is 10.8. The van der Waals surface area contributed by atoms with E-state index in [1.54, 1.807) is 6.08 Å². The van der Waals surface area contributed by atoms with Gasteiger partial charge in [-0.15, -0.1) is 0 Å². The molecule has 2 N–H and O–H groups in total. The number of aliphatic hydroxyl groups excluding tert-OH is 2. The highest BCUT2D eigenvalue weighted by Crippen LogP contribution is 2.10. The minimum atomic E-state index is -0.988. The Labute approximate surface area is 64.7 Å². The fourth-order valence-electron chi connectivity index (χ4n) is 0.910. The van der Waals surface area contributed by atoms with Gasteiger partial charge in [0.1, 0.15) is 6.10 Å². The van der Waals surface area contributed by atoms with Gasteiger partial charge in [0, 0.05) is 6.61 Å². The van der Waals surface area contributed by atoms with Gasteiger partial charge in [-0.05, 0) is 24.1 Å². The molecule has 0 fully saturated rings. The third-order valence-electron chi connectivity index (χ3n) is 1.51. The van der Waals surface area contributed by atoms with Gasteiger partial charge in [-0.25, -0.2) is 0 Å². The number of hydrogen-bond donors (Lipinski definition) is 2. The molecule has 0 aromatic carbocycles. The summed E-state index contributed by atoms with van der Waals surface area (Å²) in [5.74, 6) is -0.309. The summed E-state index contributed by atoms with van der Waals surface area (Å²) >= 11 is 0. The van der Waals surface area contributed by atoms with Crippen molar-refractivity contribution in [2.75, 3.05) is 6.61 Å². The molecule has 1 rings (SSSR count). The zero-order valence-corrected chi connectivity index (χ0v) is 6.03. The predicted octanol–water partition coefficient (Wildman–Crippen LogP) is -0.205. The lowest BCUT2D eigenvalue weighted by molar-refractivity contribution is -0.120. The Hall–Kier alpha value is -0.930. The van der Waals surface area contributed by atoms with Crippen LogP contribution in [0, 0.1) is 0 Å². The minimum absolute atomic E-state index is 0.0273. The van der Waals surface area contributed by atoms with Crippen LogP contribution in [0.2, 0.25) is 0 Å².